The molecule has 32 heavy (non-hydrogen) atoms. The van der Waals surface area contributed by atoms with Gasteiger partial charge in [-0.2, -0.15) is 4.68 Å². The van der Waals surface area contributed by atoms with Gasteiger partial charge in [-0.3, -0.25) is 9.36 Å². The third-order valence-corrected chi connectivity index (χ3v) is 6.02. The molecule has 0 bridgehead atoms. The van der Waals surface area contributed by atoms with Gasteiger partial charge in [0.25, 0.3) is 5.56 Å². The van der Waals surface area contributed by atoms with Gasteiger partial charge in [0.15, 0.2) is 11.0 Å². The first-order valence-electron chi connectivity index (χ1n) is 9.90. The lowest BCUT2D eigenvalue weighted by Crippen LogP contribution is -2.22. The van der Waals surface area contributed by atoms with Gasteiger partial charge in [0.05, 0.1) is 27.5 Å². The highest BCUT2D eigenvalue weighted by atomic mass is 32.2. The molecule has 1 unspecified atom stereocenters. The molecular formula is C23H17FN6OS. The van der Waals surface area contributed by atoms with Crippen LogP contribution in [0, 0.1) is 5.82 Å². The van der Waals surface area contributed by atoms with E-state index >= 15 is 0 Å². The number of hydrogen-bond acceptors (Lipinski definition) is 6. The summed E-state index contributed by atoms with van der Waals surface area (Å²) in [7, 11) is 0. The van der Waals surface area contributed by atoms with E-state index in [1.54, 1.807) is 35.0 Å². The predicted molar refractivity (Wildman–Crippen MR) is 121 cm³/mol. The second-order valence-corrected chi connectivity index (χ2v) is 8.38. The summed E-state index contributed by atoms with van der Waals surface area (Å²) in [5.74, 6) is 0.245. The maximum atomic E-state index is 13.5. The molecular weight excluding hydrogens is 427 g/mol. The van der Waals surface area contributed by atoms with E-state index in [4.69, 9.17) is 4.98 Å². The normalized spacial score (nSPS) is 12.2. The Morgan fingerprint density at radius 1 is 0.906 bits per heavy atom. The van der Waals surface area contributed by atoms with E-state index in [0.29, 0.717) is 27.6 Å². The van der Waals surface area contributed by atoms with E-state index in [0.717, 1.165) is 5.69 Å². The Kier molecular flexibility index (Phi) is 5.24. The Hall–Kier alpha value is -3.85. The van der Waals surface area contributed by atoms with Gasteiger partial charge < -0.3 is 0 Å². The molecule has 0 saturated heterocycles. The van der Waals surface area contributed by atoms with E-state index < -0.39 is 0 Å². The highest BCUT2D eigenvalue weighted by Crippen LogP contribution is 2.34. The van der Waals surface area contributed by atoms with Crippen LogP contribution in [0.3, 0.4) is 0 Å². The molecule has 0 fully saturated rings. The molecule has 0 N–H and O–H groups in total. The van der Waals surface area contributed by atoms with Crippen molar-refractivity contribution in [3.8, 4) is 11.4 Å². The molecule has 0 spiro atoms. The third-order valence-electron chi connectivity index (χ3n) is 4.97. The molecule has 2 heterocycles. The van der Waals surface area contributed by atoms with Gasteiger partial charge in [0.1, 0.15) is 5.82 Å². The van der Waals surface area contributed by atoms with E-state index in [-0.39, 0.29) is 16.6 Å². The number of nitrogens with zero attached hydrogens (tertiary/aromatic N) is 6. The zero-order valence-corrected chi connectivity index (χ0v) is 17.8. The molecule has 0 saturated carbocycles. The van der Waals surface area contributed by atoms with Crippen LogP contribution >= 0.6 is 11.8 Å². The fourth-order valence-corrected chi connectivity index (χ4v) is 4.43. The fraction of sp³-hybridized carbons (Fsp3) is 0.0870. The number of benzene rings is 3. The molecule has 0 aliphatic heterocycles. The maximum Gasteiger partial charge on any atom is 0.266 e. The minimum absolute atomic E-state index is 0.223. The lowest BCUT2D eigenvalue weighted by molar-refractivity contribution is 0.627. The minimum Gasteiger partial charge on any atom is -0.268 e. The Labute approximate surface area is 186 Å². The lowest BCUT2D eigenvalue weighted by Gasteiger charge is -2.16. The van der Waals surface area contributed by atoms with Crippen LogP contribution in [0.5, 0.6) is 0 Å². The van der Waals surface area contributed by atoms with Crippen molar-refractivity contribution in [2.75, 3.05) is 0 Å². The molecule has 0 amide bonds. The van der Waals surface area contributed by atoms with Crippen molar-refractivity contribution >= 4 is 22.7 Å². The summed E-state index contributed by atoms with van der Waals surface area (Å²) < 4.78 is 16.7. The molecule has 1 atom stereocenters. The number of tetrazole rings is 1. The van der Waals surface area contributed by atoms with E-state index in [1.807, 2.05) is 43.3 Å². The summed E-state index contributed by atoms with van der Waals surface area (Å²) in [6.07, 6.45) is 0. The van der Waals surface area contributed by atoms with Crippen LogP contribution in [0.4, 0.5) is 4.39 Å². The standard InChI is InChI=1S/C23H17FN6OS/c1-15(21-26-27-28-30(21)18-7-3-2-4-8-18)32-23-25-20-10-6-5-9-19(20)22(31)29(23)17-13-11-16(24)12-14-17/h2-15H,1H3. The number of aromatic nitrogens is 6. The van der Waals surface area contributed by atoms with Crippen LogP contribution in [-0.2, 0) is 0 Å². The second kappa shape index (κ2) is 8.35. The second-order valence-electron chi connectivity index (χ2n) is 7.07. The number of hydrogen-bond donors (Lipinski definition) is 0. The molecule has 0 radical (unpaired) electrons. The average Bonchev–Trinajstić information content (AvgIpc) is 3.31. The van der Waals surface area contributed by atoms with Crippen molar-refractivity contribution < 1.29 is 4.39 Å². The van der Waals surface area contributed by atoms with Crippen LogP contribution in [0.25, 0.3) is 22.3 Å². The molecule has 3 aromatic carbocycles. The molecule has 5 aromatic rings. The number of rotatable bonds is 5. The zero-order chi connectivity index (χ0) is 22.1. The minimum atomic E-state index is -0.375. The van der Waals surface area contributed by atoms with Crippen LogP contribution in [-0.4, -0.2) is 29.8 Å². The number of fused-ring (bicyclic) bond motifs is 1. The van der Waals surface area contributed by atoms with Crippen molar-refractivity contribution in [2.45, 2.75) is 17.3 Å². The first kappa shape index (κ1) is 20.1. The Morgan fingerprint density at radius 2 is 1.62 bits per heavy atom. The number of para-hydroxylation sites is 2. The van der Waals surface area contributed by atoms with Gasteiger partial charge in [-0.05, 0) is 65.9 Å². The van der Waals surface area contributed by atoms with Gasteiger partial charge in [-0.1, -0.05) is 42.1 Å². The van der Waals surface area contributed by atoms with Crippen molar-refractivity contribution in [3.05, 3.63) is 101 Å². The smallest absolute Gasteiger partial charge is 0.266 e. The van der Waals surface area contributed by atoms with Crippen molar-refractivity contribution in [2.24, 2.45) is 0 Å². The highest BCUT2D eigenvalue weighted by Gasteiger charge is 2.21. The summed E-state index contributed by atoms with van der Waals surface area (Å²) in [5.41, 5.74) is 1.74. The molecule has 2 aromatic heterocycles. The van der Waals surface area contributed by atoms with Gasteiger partial charge in [-0.15, -0.1) is 5.10 Å². The van der Waals surface area contributed by atoms with Gasteiger partial charge in [0, 0.05) is 0 Å². The van der Waals surface area contributed by atoms with Gasteiger partial charge >= 0.3 is 0 Å². The Morgan fingerprint density at radius 3 is 2.41 bits per heavy atom. The first-order valence-corrected chi connectivity index (χ1v) is 10.8. The number of thioether (sulfide) groups is 1. The highest BCUT2D eigenvalue weighted by molar-refractivity contribution is 7.99. The molecule has 9 heteroatoms. The topological polar surface area (TPSA) is 78.5 Å². The molecule has 5 rings (SSSR count). The predicted octanol–water partition coefficient (Wildman–Crippen LogP) is 4.35. The monoisotopic (exact) mass is 444 g/mol. The molecule has 7 nitrogen and oxygen atoms in total. The van der Waals surface area contributed by atoms with Gasteiger partial charge in [0.2, 0.25) is 0 Å². The third kappa shape index (κ3) is 3.67. The number of halogens is 1. The zero-order valence-electron chi connectivity index (χ0n) is 17.0. The Bertz CT molecular complexity index is 1450. The molecule has 0 aliphatic rings. The quantitative estimate of drug-likeness (QED) is 0.296. The largest absolute Gasteiger partial charge is 0.268 e. The van der Waals surface area contributed by atoms with Crippen LogP contribution in [0.1, 0.15) is 18.0 Å². The van der Waals surface area contributed by atoms with Gasteiger partial charge in [-0.25, -0.2) is 9.37 Å². The van der Waals surface area contributed by atoms with Crippen LogP contribution in [0.15, 0.2) is 88.8 Å². The SMILES string of the molecule is CC(Sc1nc2ccccc2c(=O)n1-c1ccc(F)cc1)c1nnnn1-c1ccccc1. The molecule has 158 valence electrons. The van der Waals surface area contributed by atoms with Crippen LogP contribution < -0.4 is 5.56 Å². The van der Waals surface area contributed by atoms with Crippen molar-refractivity contribution in [1.82, 2.24) is 29.8 Å². The van der Waals surface area contributed by atoms with Crippen LogP contribution in [0.2, 0.25) is 0 Å². The average molecular weight is 444 g/mol. The van der Waals surface area contributed by atoms with E-state index in [9.17, 15) is 9.18 Å². The van der Waals surface area contributed by atoms with Crippen molar-refractivity contribution in [3.63, 3.8) is 0 Å². The summed E-state index contributed by atoms with van der Waals surface area (Å²) in [5, 5.41) is 12.9. The molecule has 0 aliphatic carbocycles. The maximum absolute atomic E-state index is 13.5. The summed E-state index contributed by atoms with van der Waals surface area (Å²) >= 11 is 1.36. The van der Waals surface area contributed by atoms with Crippen molar-refractivity contribution in [1.29, 1.82) is 0 Å². The Balaban J connectivity index is 1.62. The van der Waals surface area contributed by atoms with E-state index in [1.165, 1.54) is 28.5 Å². The summed E-state index contributed by atoms with van der Waals surface area (Å²) in [6, 6.07) is 22.5. The summed E-state index contributed by atoms with van der Waals surface area (Å²) in [4.78, 5) is 18.1. The summed E-state index contributed by atoms with van der Waals surface area (Å²) in [6.45, 7) is 1.95. The van der Waals surface area contributed by atoms with E-state index in [2.05, 4.69) is 15.5 Å². The lowest BCUT2D eigenvalue weighted by atomic mass is 10.2. The first-order chi connectivity index (χ1) is 15.6. The fourth-order valence-electron chi connectivity index (χ4n) is 3.42.